The van der Waals surface area contributed by atoms with E-state index in [-0.39, 0.29) is 20.1 Å². The molecule has 3 aliphatic carbocycles. The predicted molar refractivity (Wildman–Crippen MR) is 168 cm³/mol. The first-order valence-electron chi connectivity index (χ1n) is 13.9. The molecule has 0 atom stereocenters. The van der Waals surface area contributed by atoms with E-state index in [2.05, 4.69) is 12.5 Å². The number of allylic oxidation sites excluding steroid dienone is 6. The van der Waals surface area contributed by atoms with Gasteiger partial charge in [0.2, 0.25) is 31.2 Å². The molecule has 0 bridgehead atoms. The van der Waals surface area contributed by atoms with Crippen LogP contribution < -0.4 is 0 Å². The standard InChI is InChI=1S/3C10H16O4S.Ir/c3*1-6-7(2)9(4)10(5,8(6)3)14-15(11,12)13;/h3*1-5H3,(H,11,12,13);/q;;;+3/p-3. The first kappa shape index (κ1) is 44.7. The van der Waals surface area contributed by atoms with Gasteiger partial charge in [0.1, 0.15) is 16.8 Å². The van der Waals surface area contributed by atoms with Crippen molar-refractivity contribution in [2.24, 2.45) is 0 Å². The average Bonchev–Trinajstić information content (AvgIpc) is 3.17. The molecule has 0 aromatic rings. The second-order valence-corrected chi connectivity index (χ2v) is 15.0. The first-order chi connectivity index (χ1) is 19.8. The summed E-state index contributed by atoms with van der Waals surface area (Å²) >= 11 is 0. The van der Waals surface area contributed by atoms with Crippen LogP contribution in [0.5, 0.6) is 0 Å². The molecule has 0 aromatic carbocycles. The maximum absolute atomic E-state index is 10.7. The molecule has 0 N–H and O–H groups in total. The summed E-state index contributed by atoms with van der Waals surface area (Å²) in [6, 6.07) is 0. The van der Waals surface area contributed by atoms with Crippen molar-refractivity contribution < 1.29 is 71.6 Å². The second kappa shape index (κ2) is 14.7. The molecule has 0 spiro atoms. The Hall–Kier alpha value is -1.30. The minimum atomic E-state index is -4.70. The van der Waals surface area contributed by atoms with E-state index in [0.29, 0.717) is 0 Å². The van der Waals surface area contributed by atoms with Crippen LogP contribution in [0.4, 0.5) is 0 Å². The summed E-state index contributed by atoms with van der Waals surface area (Å²) in [5, 5.41) is 0. The first-order valence-corrected chi connectivity index (χ1v) is 17.9. The van der Waals surface area contributed by atoms with Crippen LogP contribution in [-0.2, 0) is 63.9 Å². The Labute approximate surface area is 289 Å². The van der Waals surface area contributed by atoms with Gasteiger partial charge >= 0.3 is 20.1 Å². The summed E-state index contributed by atoms with van der Waals surface area (Å²) in [4.78, 5) is 0. The minimum Gasteiger partial charge on any atom is -0.725 e. The van der Waals surface area contributed by atoms with Crippen molar-refractivity contribution in [2.45, 2.75) is 121 Å². The molecule has 12 nitrogen and oxygen atoms in total. The Bertz CT molecular complexity index is 1510. The van der Waals surface area contributed by atoms with Crippen molar-refractivity contribution in [1.82, 2.24) is 0 Å². The zero-order valence-corrected chi connectivity index (χ0v) is 33.8. The quantitative estimate of drug-likeness (QED) is 0.233. The van der Waals surface area contributed by atoms with E-state index in [1.807, 2.05) is 41.5 Å². The summed E-state index contributed by atoms with van der Waals surface area (Å²) in [6.45, 7) is 26.8. The molecule has 0 heterocycles. The van der Waals surface area contributed by atoms with Gasteiger partial charge in [-0.25, -0.2) is 25.3 Å². The Morgan fingerprint density at radius 3 is 0.565 bits per heavy atom. The Morgan fingerprint density at radius 1 is 0.370 bits per heavy atom. The van der Waals surface area contributed by atoms with E-state index in [0.717, 1.165) is 66.9 Å². The molecule has 0 unspecified atom stereocenters. The summed E-state index contributed by atoms with van der Waals surface area (Å²) in [7, 11) is -14.1. The predicted octanol–water partition coefficient (Wildman–Crippen LogP) is 5.72. The monoisotopic (exact) mass is 886 g/mol. The van der Waals surface area contributed by atoms with Gasteiger partial charge in [-0.05, 0) is 171 Å². The van der Waals surface area contributed by atoms with Gasteiger partial charge in [-0.15, -0.1) is 0 Å². The Kier molecular flexibility index (Phi) is 14.3. The maximum atomic E-state index is 10.7. The van der Waals surface area contributed by atoms with Crippen LogP contribution in [0.2, 0.25) is 0 Å². The molecule has 0 amide bonds. The van der Waals surface area contributed by atoms with Crippen molar-refractivity contribution in [3.63, 3.8) is 0 Å². The zero-order valence-electron chi connectivity index (χ0n) is 29.0. The molecule has 0 saturated heterocycles. The van der Waals surface area contributed by atoms with Crippen molar-refractivity contribution in [3.8, 4) is 0 Å². The van der Waals surface area contributed by atoms with E-state index >= 15 is 0 Å². The molecule has 16 heteroatoms. The van der Waals surface area contributed by atoms with Gasteiger partial charge in [0, 0.05) is 0 Å². The van der Waals surface area contributed by atoms with Gasteiger partial charge in [0.25, 0.3) is 0 Å². The smallest absolute Gasteiger partial charge is 0.725 e. The molecule has 0 aromatic heterocycles. The van der Waals surface area contributed by atoms with Gasteiger partial charge in [0.05, 0.1) is 0 Å². The Balaban J connectivity index is 0.000000653. The molecule has 3 aliphatic rings. The van der Waals surface area contributed by atoms with Crippen LogP contribution in [0.3, 0.4) is 0 Å². The average molecular weight is 886 g/mol. The third-order valence-electron chi connectivity index (χ3n) is 10.2. The maximum Gasteiger partial charge on any atom is 3.00 e. The number of rotatable bonds is 6. The fourth-order valence-corrected chi connectivity index (χ4v) is 7.64. The van der Waals surface area contributed by atoms with Crippen molar-refractivity contribution in [2.75, 3.05) is 0 Å². The SMILES string of the molecule is CC1=C(C)C(C)(OS(=O)(=O)[O-])C(C)=C1C.CC1=C(C)C(C)(OS(=O)(=O)[O-])C(C)=C1C.CC1=C(C)C(C)(OS(=O)(=O)[O-])C(C)=C1C.[Ir+3]. The molecule has 0 fully saturated rings. The number of hydrogen-bond donors (Lipinski definition) is 0. The van der Waals surface area contributed by atoms with Crippen LogP contribution in [0, 0.1) is 0 Å². The fourth-order valence-electron chi connectivity index (χ4n) is 5.67. The van der Waals surface area contributed by atoms with Crippen LogP contribution in [0.1, 0.15) is 104 Å². The third-order valence-corrected chi connectivity index (χ3v) is 11.8. The molecule has 3 rings (SSSR count). The van der Waals surface area contributed by atoms with Crippen LogP contribution in [0.25, 0.3) is 0 Å². The van der Waals surface area contributed by atoms with E-state index in [1.54, 1.807) is 62.3 Å². The fraction of sp³-hybridized carbons (Fsp3) is 0.600. The molecular formula is C30H45IrO12S3. The van der Waals surface area contributed by atoms with E-state index < -0.39 is 48.0 Å². The molecular weight excluding hydrogens is 841 g/mol. The van der Waals surface area contributed by atoms with E-state index in [1.165, 1.54) is 0 Å². The van der Waals surface area contributed by atoms with Crippen LogP contribution in [0.15, 0.2) is 66.9 Å². The van der Waals surface area contributed by atoms with Gasteiger partial charge in [-0.2, -0.15) is 0 Å². The van der Waals surface area contributed by atoms with E-state index in [9.17, 15) is 38.9 Å². The van der Waals surface area contributed by atoms with Crippen molar-refractivity contribution in [1.29, 1.82) is 0 Å². The van der Waals surface area contributed by atoms with Crippen molar-refractivity contribution in [3.05, 3.63) is 66.9 Å². The van der Waals surface area contributed by atoms with Gasteiger partial charge < -0.3 is 13.7 Å². The molecule has 46 heavy (non-hydrogen) atoms. The molecule has 0 radical (unpaired) electrons. The minimum absolute atomic E-state index is 0. The zero-order chi connectivity index (χ0) is 36.0. The van der Waals surface area contributed by atoms with E-state index in [4.69, 9.17) is 0 Å². The number of hydrogen-bond acceptors (Lipinski definition) is 12. The second-order valence-electron chi connectivity index (χ2n) is 12.1. The summed E-state index contributed by atoms with van der Waals surface area (Å²) in [5.74, 6) is 0. The summed E-state index contributed by atoms with van der Waals surface area (Å²) < 4.78 is 110. The van der Waals surface area contributed by atoms with Crippen LogP contribution >= 0.6 is 0 Å². The van der Waals surface area contributed by atoms with Gasteiger partial charge in [-0.3, -0.25) is 12.5 Å². The summed E-state index contributed by atoms with van der Waals surface area (Å²) in [5.41, 5.74) is 7.25. The topological polar surface area (TPSA) is 199 Å². The van der Waals surface area contributed by atoms with Gasteiger partial charge in [0.15, 0.2) is 0 Å². The van der Waals surface area contributed by atoms with Gasteiger partial charge in [-0.1, -0.05) is 0 Å². The normalized spacial score (nSPS) is 21.0. The molecule has 264 valence electrons. The van der Waals surface area contributed by atoms with Crippen molar-refractivity contribution >= 4 is 31.2 Å². The largest absolute Gasteiger partial charge is 3.00 e. The third kappa shape index (κ3) is 9.44. The summed E-state index contributed by atoms with van der Waals surface area (Å²) in [6.07, 6.45) is 0. The molecule has 0 saturated carbocycles. The molecule has 0 aliphatic heterocycles. The van der Waals surface area contributed by atoms with Crippen LogP contribution in [-0.4, -0.2) is 55.7 Å². The Morgan fingerprint density at radius 2 is 0.478 bits per heavy atom.